The molecule has 0 amide bonds. The molecule has 0 saturated carbocycles. The van der Waals surface area contributed by atoms with Crippen LogP contribution in [0.1, 0.15) is 75.1 Å². The van der Waals surface area contributed by atoms with Crippen LogP contribution in [0, 0.1) is 0 Å². The van der Waals surface area contributed by atoms with Crippen LogP contribution in [0.15, 0.2) is 34.2 Å². The lowest BCUT2D eigenvalue weighted by molar-refractivity contribution is 0.410. The van der Waals surface area contributed by atoms with E-state index in [4.69, 9.17) is 0 Å². The van der Waals surface area contributed by atoms with E-state index in [1.54, 1.807) is 16.3 Å². The average Bonchev–Trinajstić information content (AvgIpc) is 2.73. The van der Waals surface area contributed by atoms with Gasteiger partial charge >= 0.3 is 0 Å². The van der Waals surface area contributed by atoms with Crippen LogP contribution in [0.25, 0.3) is 0 Å². The molecule has 29 heavy (non-hydrogen) atoms. The van der Waals surface area contributed by atoms with Gasteiger partial charge in [-0.05, 0) is 30.9 Å². The van der Waals surface area contributed by atoms with Crippen LogP contribution in [0.2, 0.25) is 0 Å². The highest BCUT2D eigenvalue weighted by Gasteiger charge is 2.28. The largest absolute Gasteiger partial charge is 0.493 e. The Balaban J connectivity index is 1.77. The van der Waals surface area contributed by atoms with E-state index in [1.807, 2.05) is 25.1 Å². The van der Waals surface area contributed by atoms with Gasteiger partial charge in [-0.25, -0.2) is 0 Å². The zero-order valence-electron chi connectivity index (χ0n) is 17.6. The molecule has 0 spiro atoms. The minimum Gasteiger partial charge on any atom is -0.493 e. The molecule has 1 atom stereocenters. The van der Waals surface area contributed by atoms with Crippen LogP contribution < -0.4 is 10.9 Å². The molecule has 1 aromatic carbocycles. The highest BCUT2D eigenvalue weighted by molar-refractivity contribution is 7.99. The van der Waals surface area contributed by atoms with Gasteiger partial charge in [-0.3, -0.25) is 9.36 Å². The van der Waals surface area contributed by atoms with Gasteiger partial charge in [0.2, 0.25) is 5.88 Å². The smallest absolute Gasteiger partial charge is 0.263 e. The van der Waals surface area contributed by atoms with Gasteiger partial charge in [0.1, 0.15) is 5.56 Å². The summed E-state index contributed by atoms with van der Waals surface area (Å²) in [5.74, 6) is 0.779. The maximum Gasteiger partial charge on any atom is 0.263 e. The summed E-state index contributed by atoms with van der Waals surface area (Å²) >= 11 is 1.58. The molecule has 3 rings (SSSR count). The molecule has 0 unspecified atom stereocenters. The Morgan fingerprint density at radius 3 is 2.72 bits per heavy atom. The lowest BCUT2D eigenvalue weighted by atomic mass is 9.91. The minimum absolute atomic E-state index is 0.139. The molecule has 0 fully saturated rings. The number of thioether (sulfide) groups is 1. The first kappa shape index (κ1) is 21.9. The second kappa shape index (κ2) is 10.8. The number of aromatic hydroxyl groups is 1. The molecule has 0 radical (unpaired) electrons. The molecule has 0 saturated heterocycles. The van der Waals surface area contributed by atoms with E-state index < -0.39 is 0 Å². The van der Waals surface area contributed by atoms with Crippen molar-refractivity contribution in [3.05, 3.63) is 51.3 Å². The number of hydrogen-bond donors (Lipinski definition) is 2. The van der Waals surface area contributed by atoms with Gasteiger partial charge in [0, 0.05) is 18.8 Å². The number of rotatable bonds is 10. The van der Waals surface area contributed by atoms with E-state index in [1.165, 1.54) is 37.7 Å². The third-order valence-electron chi connectivity index (χ3n) is 5.59. The third-order valence-corrected chi connectivity index (χ3v) is 6.65. The van der Waals surface area contributed by atoms with Gasteiger partial charge in [0.05, 0.1) is 6.04 Å². The topological polar surface area (TPSA) is 67.2 Å². The first-order valence-corrected chi connectivity index (χ1v) is 11.9. The minimum atomic E-state index is -0.310. The number of benzene rings is 1. The van der Waals surface area contributed by atoms with Crippen LogP contribution in [-0.2, 0) is 13.0 Å². The molecule has 0 aliphatic carbocycles. The predicted octanol–water partition coefficient (Wildman–Crippen LogP) is 4.66. The van der Waals surface area contributed by atoms with Gasteiger partial charge in [0.15, 0.2) is 5.16 Å². The summed E-state index contributed by atoms with van der Waals surface area (Å²) in [6, 6.07) is 7.81. The van der Waals surface area contributed by atoms with Crippen LogP contribution >= 0.6 is 11.8 Å². The molecule has 1 aromatic heterocycles. The van der Waals surface area contributed by atoms with E-state index >= 15 is 0 Å². The summed E-state index contributed by atoms with van der Waals surface area (Å²) in [5, 5.41) is 14.7. The van der Waals surface area contributed by atoms with Crippen molar-refractivity contribution >= 4 is 11.8 Å². The van der Waals surface area contributed by atoms with E-state index in [9.17, 15) is 9.90 Å². The van der Waals surface area contributed by atoms with E-state index in [2.05, 4.69) is 23.3 Å². The third kappa shape index (κ3) is 5.23. The predicted molar refractivity (Wildman–Crippen MR) is 120 cm³/mol. The maximum atomic E-state index is 13.3. The second-order valence-electron chi connectivity index (χ2n) is 7.63. The molecule has 6 heteroatoms. The fourth-order valence-corrected chi connectivity index (χ4v) is 5.04. The summed E-state index contributed by atoms with van der Waals surface area (Å²) in [6.45, 7) is 5.51. The van der Waals surface area contributed by atoms with Gasteiger partial charge in [-0.1, -0.05) is 75.1 Å². The quantitative estimate of drug-likeness (QED) is 0.336. The number of aromatic nitrogens is 2. The van der Waals surface area contributed by atoms with Crippen LogP contribution in [0.5, 0.6) is 5.88 Å². The second-order valence-corrected chi connectivity index (χ2v) is 8.70. The Morgan fingerprint density at radius 2 is 1.93 bits per heavy atom. The standard InChI is InChI=1S/C23H33N3O2S/c1-3-5-6-7-8-11-16-29-23-25-21(27)19(22(28)26(23)4-2)20-18-13-10-9-12-17(18)14-15-24-20/h9-10,12-13,20,24,27H,3-8,11,14-16H2,1-2H3/t20-/m1/s1. The highest BCUT2D eigenvalue weighted by atomic mass is 32.2. The number of nitrogens with zero attached hydrogens (tertiary/aromatic N) is 2. The zero-order valence-corrected chi connectivity index (χ0v) is 18.4. The van der Waals surface area contributed by atoms with Crippen molar-refractivity contribution in [2.75, 3.05) is 12.3 Å². The Bertz CT molecular complexity index is 866. The lowest BCUT2D eigenvalue weighted by Gasteiger charge is -2.27. The first-order chi connectivity index (χ1) is 14.2. The SMILES string of the molecule is CCCCCCCCSc1nc(O)c([C@@H]2NCCc3ccccc32)c(=O)n1CC. The van der Waals surface area contributed by atoms with Crippen LogP contribution in [0.3, 0.4) is 0 Å². The van der Waals surface area contributed by atoms with Gasteiger partial charge < -0.3 is 10.4 Å². The van der Waals surface area contributed by atoms with Gasteiger partial charge in [-0.15, -0.1) is 0 Å². The Labute approximate surface area is 178 Å². The van der Waals surface area contributed by atoms with Gasteiger partial charge in [-0.2, -0.15) is 4.98 Å². The Hall–Kier alpha value is -1.79. The van der Waals surface area contributed by atoms with E-state index in [0.29, 0.717) is 17.3 Å². The average molecular weight is 416 g/mol. The number of hydrogen-bond acceptors (Lipinski definition) is 5. The monoisotopic (exact) mass is 415 g/mol. The Kier molecular flexibility index (Phi) is 8.19. The van der Waals surface area contributed by atoms with Crippen molar-refractivity contribution in [3.8, 4) is 5.88 Å². The normalized spacial score (nSPS) is 16.0. The molecular weight excluding hydrogens is 382 g/mol. The molecule has 5 nitrogen and oxygen atoms in total. The van der Waals surface area contributed by atoms with Crippen LogP contribution in [0.4, 0.5) is 0 Å². The van der Waals surface area contributed by atoms with Crippen molar-refractivity contribution in [3.63, 3.8) is 0 Å². The highest BCUT2D eigenvalue weighted by Crippen LogP contribution is 2.32. The Morgan fingerprint density at radius 1 is 1.17 bits per heavy atom. The van der Waals surface area contributed by atoms with E-state index in [-0.39, 0.29) is 17.5 Å². The van der Waals surface area contributed by atoms with Crippen molar-refractivity contribution < 1.29 is 5.11 Å². The molecule has 1 aliphatic heterocycles. The molecular formula is C23H33N3O2S. The van der Waals surface area contributed by atoms with Crippen molar-refractivity contribution in [2.45, 2.75) is 76.5 Å². The van der Waals surface area contributed by atoms with Gasteiger partial charge in [0.25, 0.3) is 5.56 Å². The summed E-state index contributed by atoms with van der Waals surface area (Å²) in [4.78, 5) is 17.7. The van der Waals surface area contributed by atoms with Crippen molar-refractivity contribution in [1.82, 2.24) is 14.9 Å². The summed E-state index contributed by atoms with van der Waals surface area (Å²) < 4.78 is 1.70. The zero-order chi connectivity index (χ0) is 20.6. The summed E-state index contributed by atoms with van der Waals surface area (Å²) in [7, 11) is 0. The fourth-order valence-electron chi connectivity index (χ4n) is 3.99. The van der Waals surface area contributed by atoms with Crippen LogP contribution in [-0.4, -0.2) is 27.0 Å². The molecule has 2 N–H and O–H groups in total. The summed E-state index contributed by atoms with van der Waals surface area (Å²) in [6.07, 6.45) is 8.36. The molecule has 2 heterocycles. The first-order valence-electron chi connectivity index (χ1n) is 10.9. The fraction of sp³-hybridized carbons (Fsp3) is 0.565. The van der Waals surface area contributed by atoms with E-state index in [0.717, 1.165) is 30.7 Å². The van der Waals surface area contributed by atoms with Crippen molar-refractivity contribution in [2.24, 2.45) is 0 Å². The maximum absolute atomic E-state index is 13.3. The lowest BCUT2D eigenvalue weighted by Crippen LogP contribution is -2.37. The number of fused-ring (bicyclic) bond motifs is 1. The number of unbranched alkanes of at least 4 members (excludes halogenated alkanes) is 5. The van der Waals surface area contributed by atoms with Crippen molar-refractivity contribution in [1.29, 1.82) is 0 Å². The number of nitrogens with one attached hydrogen (secondary N) is 1. The molecule has 1 aliphatic rings. The molecule has 2 aromatic rings. The molecule has 0 bridgehead atoms. The molecule has 158 valence electrons. The summed E-state index contributed by atoms with van der Waals surface area (Å²) in [5.41, 5.74) is 2.50.